The van der Waals surface area contributed by atoms with E-state index in [2.05, 4.69) is 15.3 Å². The number of hydrogen-bond donors (Lipinski definition) is 4. The molecular formula is C31H37ClN6O3. The van der Waals surface area contributed by atoms with Crippen LogP contribution in [0.1, 0.15) is 36.0 Å². The van der Waals surface area contributed by atoms with Gasteiger partial charge in [0.15, 0.2) is 0 Å². The maximum atomic E-state index is 12.1. The van der Waals surface area contributed by atoms with Crippen molar-refractivity contribution in [2.75, 3.05) is 24.3 Å². The Morgan fingerprint density at radius 2 is 1.32 bits per heavy atom. The number of nitrogens with zero attached hydrogens (tertiary/aromatic N) is 2. The summed E-state index contributed by atoms with van der Waals surface area (Å²) in [6, 6.07) is 24.3. The lowest BCUT2D eigenvalue weighted by molar-refractivity contribution is -0.116. The van der Waals surface area contributed by atoms with Crippen LogP contribution in [0.3, 0.4) is 0 Å². The van der Waals surface area contributed by atoms with E-state index in [4.69, 9.17) is 38.3 Å². The summed E-state index contributed by atoms with van der Waals surface area (Å²) in [4.78, 5) is 20.5. The third kappa shape index (κ3) is 10.0. The molecule has 0 aromatic heterocycles. The average Bonchev–Trinajstić information content (AvgIpc) is 3.59. The topological polar surface area (TPSA) is 150 Å². The van der Waals surface area contributed by atoms with Gasteiger partial charge in [0.25, 0.3) is 12.0 Å². The summed E-state index contributed by atoms with van der Waals surface area (Å²) in [6.45, 7) is 1.17. The maximum Gasteiger partial charge on any atom is 0.282 e. The average molecular weight is 577 g/mol. The fourth-order valence-corrected chi connectivity index (χ4v) is 4.68. The van der Waals surface area contributed by atoms with Crippen LogP contribution in [-0.2, 0) is 33.5 Å². The van der Waals surface area contributed by atoms with Gasteiger partial charge in [0, 0.05) is 22.8 Å². The number of carbonyl (C=O) groups excluding carboxylic acids is 1. The number of amidine groups is 2. The van der Waals surface area contributed by atoms with Crippen LogP contribution in [0, 0.1) is 0 Å². The monoisotopic (exact) mass is 576 g/mol. The Hall–Kier alpha value is -4.24. The number of aryl methyl sites for hydroxylation is 3. The van der Waals surface area contributed by atoms with Crippen molar-refractivity contribution in [1.29, 1.82) is 0 Å². The Morgan fingerprint density at radius 3 is 1.83 bits per heavy atom. The summed E-state index contributed by atoms with van der Waals surface area (Å²) in [5.74, 6) is -0.0226. The molecule has 2 heterocycles. The number of anilines is 2. The first-order chi connectivity index (χ1) is 19.8. The van der Waals surface area contributed by atoms with Gasteiger partial charge in [-0.25, -0.2) is 9.98 Å². The zero-order valence-electron chi connectivity index (χ0n) is 23.0. The van der Waals surface area contributed by atoms with Gasteiger partial charge < -0.3 is 32.0 Å². The van der Waals surface area contributed by atoms with E-state index >= 15 is 0 Å². The predicted octanol–water partition coefficient (Wildman–Crippen LogP) is 4.47. The van der Waals surface area contributed by atoms with E-state index in [-0.39, 0.29) is 24.0 Å². The van der Waals surface area contributed by atoms with Crippen LogP contribution in [0.5, 0.6) is 0 Å². The molecule has 0 fully saturated rings. The molecule has 41 heavy (non-hydrogen) atoms. The molecule has 0 saturated carbocycles. The minimum Gasteiger partial charge on any atom is -0.463 e. The quantitative estimate of drug-likeness (QED) is 0.261. The second-order valence-corrected chi connectivity index (χ2v) is 10.4. The van der Waals surface area contributed by atoms with Crippen molar-refractivity contribution >= 4 is 40.9 Å². The Kier molecular flexibility index (Phi) is 10.8. The van der Waals surface area contributed by atoms with Gasteiger partial charge in [-0.1, -0.05) is 54.1 Å². The first-order valence-corrected chi connectivity index (χ1v) is 14.1. The molecule has 216 valence electrons. The third-order valence-corrected chi connectivity index (χ3v) is 7.16. The van der Waals surface area contributed by atoms with Gasteiger partial charge in [-0.2, -0.15) is 0 Å². The molecule has 10 heteroatoms. The van der Waals surface area contributed by atoms with Crippen LogP contribution < -0.4 is 22.5 Å². The van der Waals surface area contributed by atoms with E-state index in [0.29, 0.717) is 37.1 Å². The lowest BCUT2D eigenvalue weighted by atomic mass is 10.1. The van der Waals surface area contributed by atoms with Gasteiger partial charge in [0.2, 0.25) is 5.91 Å². The normalized spacial score (nSPS) is 17.4. The van der Waals surface area contributed by atoms with E-state index < -0.39 is 0 Å². The van der Waals surface area contributed by atoms with Crippen LogP contribution in [0.15, 0.2) is 82.8 Å². The lowest BCUT2D eigenvalue weighted by Crippen LogP contribution is -2.12. The zero-order valence-corrected chi connectivity index (χ0v) is 23.7. The van der Waals surface area contributed by atoms with Crippen molar-refractivity contribution in [3.8, 4) is 0 Å². The molecule has 7 N–H and O–H groups in total. The number of aliphatic imine (C=N–C) groups is 2. The van der Waals surface area contributed by atoms with Crippen LogP contribution in [0.25, 0.3) is 0 Å². The Morgan fingerprint density at radius 1 is 0.780 bits per heavy atom. The van der Waals surface area contributed by atoms with E-state index in [0.717, 1.165) is 42.6 Å². The zero-order chi connectivity index (χ0) is 29.0. The van der Waals surface area contributed by atoms with Crippen molar-refractivity contribution in [3.63, 3.8) is 0 Å². The molecule has 2 atom stereocenters. The largest absolute Gasteiger partial charge is 0.463 e. The Labute approximate surface area is 245 Å². The van der Waals surface area contributed by atoms with Gasteiger partial charge in [-0.05, 0) is 79.1 Å². The minimum atomic E-state index is -0.0226. The number of benzene rings is 3. The molecule has 0 unspecified atom stereocenters. The Balaban J connectivity index is 0.000000218. The van der Waals surface area contributed by atoms with Crippen LogP contribution in [-0.4, -0.2) is 43.2 Å². The number of rotatable bonds is 10. The molecule has 3 aromatic carbocycles. The van der Waals surface area contributed by atoms with Gasteiger partial charge >= 0.3 is 0 Å². The lowest BCUT2D eigenvalue weighted by Gasteiger charge is -2.08. The molecule has 5 rings (SSSR count). The van der Waals surface area contributed by atoms with E-state index in [1.54, 1.807) is 0 Å². The number of nitrogens with one attached hydrogen (secondary N) is 1. The second-order valence-electron chi connectivity index (χ2n) is 10.0. The number of nitrogens with two attached hydrogens (primary N) is 3. The summed E-state index contributed by atoms with van der Waals surface area (Å²) in [7, 11) is 0. The smallest absolute Gasteiger partial charge is 0.282 e. The molecule has 0 bridgehead atoms. The number of ether oxygens (including phenoxy) is 2. The summed E-state index contributed by atoms with van der Waals surface area (Å²) in [6.07, 6.45) is 4.74. The Bertz CT molecular complexity index is 1340. The van der Waals surface area contributed by atoms with Crippen molar-refractivity contribution in [2.45, 2.75) is 50.6 Å². The van der Waals surface area contributed by atoms with Gasteiger partial charge in [-0.3, -0.25) is 4.79 Å². The summed E-state index contributed by atoms with van der Waals surface area (Å²) < 4.78 is 10.2. The molecule has 2 aliphatic heterocycles. The molecular weight excluding hydrogens is 540 g/mol. The van der Waals surface area contributed by atoms with Gasteiger partial charge in [0.1, 0.15) is 13.2 Å². The van der Waals surface area contributed by atoms with Crippen LogP contribution >= 0.6 is 11.6 Å². The minimum absolute atomic E-state index is 0.0226. The fourth-order valence-electron chi connectivity index (χ4n) is 4.45. The molecule has 0 spiro atoms. The number of halogens is 1. The molecule has 1 amide bonds. The highest BCUT2D eigenvalue weighted by atomic mass is 35.5. The van der Waals surface area contributed by atoms with E-state index in [1.165, 1.54) is 11.1 Å². The molecule has 0 radical (unpaired) electrons. The van der Waals surface area contributed by atoms with Gasteiger partial charge in [-0.15, -0.1) is 0 Å². The van der Waals surface area contributed by atoms with Crippen molar-refractivity contribution in [2.24, 2.45) is 21.5 Å². The predicted molar refractivity (Wildman–Crippen MR) is 165 cm³/mol. The highest BCUT2D eigenvalue weighted by Crippen LogP contribution is 2.18. The SMILES string of the molecule is NC1=N[C@@H](CCc2ccc(N)cc2)CO1.NC1=N[C@@H](CCc2ccc(NC(=O)CCc3ccccc3Cl)cc2)CO1. The number of nitrogen functional groups attached to an aromatic ring is 1. The highest BCUT2D eigenvalue weighted by molar-refractivity contribution is 6.31. The van der Waals surface area contributed by atoms with E-state index in [1.807, 2.05) is 72.8 Å². The third-order valence-electron chi connectivity index (χ3n) is 6.80. The summed E-state index contributed by atoms with van der Waals surface area (Å²) in [5, 5.41) is 3.62. The van der Waals surface area contributed by atoms with Gasteiger partial charge in [0.05, 0.1) is 12.1 Å². The summed E-state index contributed by atoms with van der Waals surface area (Å²) in [5.41, 5.74) is 21.6. The molecule has 2 aliphatic rings. The first-order valence-electron chi connectivity index (χ1n) is 13.7. The first kappa shape index (κ1) is 29.7. The molecule has 3 aromatic rings. The van der Waals surface area contributed by atoms with Crippen molar-refractivity contribution < 1.29 is 14.3 Å². The number of carbonyl (C=O) groups is 1. The molecule has 9 nitrogen and oxygen atoms in total. The van der Waals surface area contributed by atoms with Crippen molar-refractivity contribution in [1.82, 2.24) is 0 Å². The molecule has 0 aliphatic carbocycles. The summed E-state index contributed by atoms with van der Waals surface area (Å²) >= 11 is 6.12. The second kappa shape index (κ2) is 14.9. The highest BCUT2D eigenvalue weighted by Gasteiger charge is 2.17. The van der Waals surface area contributed by atoms with E-state index in [9.17, 15) is 4.79 Å². The molecule has 0 saturated heterocycles. The van der Waals surface area contributed by atoms with Crippen LogP contribution in [0.2, 0.25) is 5.02 Å². The maximum absolute atomic E-state index is 12.1. The number of hydrogen-bond acceptors (Lipinski definition) is 8. The number of amides is 1. The standard InChI is InChI=1S/C20H22ClN3O2.C11H15N3O/c21-18-4-2-1-3-15(18)8-12-19(25)23-16-9-5-14(6-10-16)7-11-17-13-26-20(22)24-17;12-9-4-1-8(2-5-9)3-6-10-7-15-11(13)14-10/h1-6,9-10,17H,7-8,11-13H2,(H2,22,24)(H,23,25);1-2,4-5,10H,3,6-7,12H2,(H2,13,14)/t17-;10-/m00/s1. The van der Waals surface area contributed by atoms with Crippen molar-refractivity contribution in [3.05, 3.63) is 94.5 Å². The van der Waals surface area contributed by atoms with Crippen LogP contribution in [0.4, 0.5) is 11.4 Å². The fraction of sp³-hybridized carbons (Fsp3) is 0.323.